The maximum atomic E-state index is 14.7. The van der Waals surface area contributed by atoms with Crippen molar-refractivity contribution in [3.8, 4) is 0 Å². The first-order valence-electron chi connectivity index (χ1n) is 13.2. The molecule has 0 unspecified atom stereocenters. The van der Waals surface area contributed by atoms with Gasteiger partial charge in [0.25, 0.3) is 11.6 Å². The minimum Gasteiger partial charge on any atom is -0.462 e. The molecule has 1 saturated heterocycles. The number of imide groups is 1. The lowest BCUT2D eigenvalue weighted by atomic mass is 9.61. The van der Waals surface area contributed by atoms with Crippen molar-refractivity contribution in [3.63, 3.8) is 0 Å². The van der Waals surface area contributed by atoms with E-state index in [0.717, 1.165) is 37.1 Å². The number of hydrogen-bond donors (Lipinski definition) is 0. The molecule has 39 heavy (non-hydrogen) atoms. The van der Waals surface area contributed by atoms with E-state index in [9.17, 15) is 24.5 Å². The standard InChI is InChI=1S/C30H27N3O6/c1-2-39-28(35)19-10-12-21(13-11-19)32-27(34)23-7-3-4-8-24(23)30(29(32)36)18-20-17-22(33(37)38)14-15-25(20)31-16-6-5-9-26(30)31/h3-4,7-8,10-15,17,26H,2,5-6,9,16,18H2,1H3/t26-,30-/m0/s1. The fourth-order valence-electron chi connectivity index (χ4n) is 6.53. The van der Waals surface area contributed by atoms with E-state index in [4.69, 9.17) is 4.74 Å². The van der Waals surface area contributed by atoms with Gasteiger partial charge in [-0.1, -0.05) is 18.2 Å². The maximum absolute atomic E-state index is 14.7. The Morgan fingerprint density at radius 2 is 1.85 bits per heavy atom. The molecular weight excluding hydrogens is 498 g/mol. The number of carbonyl (C=O) groups excluding carboxylic acids is 3. The van der Waals surface area contributed by atoms with Crippen LogP contribution in [0.3, 0.4) is 0 Å². The summed E-state index contributed by atoms with van der Waals surface area (Å²) < 4.78 is 5.07. The quantitative estimate of drug-likeness (QED) is 0.208. The number of nitro benzene ring substituents is 1. The lowest BCUT2D eigenvalue weighted by Gasteiger charge is -2.55. The number of amides is 2. The first kappa shape index (κ1) is 24.8. The van der Waals surface area contributed by atoms with Gasteiger partial charge in [0.2, 0.25) is 5.91 Å². The van der Waals surface area contributed by atoms with Crippen molar-refractivity contribution in [2.45, 2.75) is 44.1 Å². The third-order valence-corrected chi connectivity index (χ3v) is 8.19. The van der Waals surface area contributed by atoms with Crippen molar-refractivity contribution >= 4 is 34.8 Å². The predicted octanol–water partition coefficient (Wildman–Crippen LogP) is 4.81. The largest absolute Gasteiger partial charge is 0.462 e. The van der Waals surface area contributed by atoms with E-state index < -0.39 is 22.2 Å². The Bertz CT molecular complexity index is 1520. The minimum atomic E-state index is -1.12. The molecule has 0 saturated carbocycles. The highest BCUT2D eigenvalue weighted by Gasteiger charge is 2.59. The first-order chi connectivity index (χ1) is 18.9. The van der Waals surface area contributed by atoms with Gasteiger partial charge >= 0.3 is 5.97 Å². The molecule has 3 heterocycles. The third kappa shape index (κ3) is 3.71. The Hall–Kier alpha value is -4.53. The summed E-state index contributed by atoms with van der Waals surface area (Å²) in [5.74, 6) is -1.27. The molecule has 198 valence electrons. The molecule has 3 aliphatic heterocycles. The van der Waals surface area contributed by atoms with Crippen LogP contribution >= 0.6 is 0 Å². The Kier molecular flexibility index (Phi) is 5.94. The number of esters is 1. The van der Waals surface area contributed by atoms with E-state index in [-0.39, 0.29) is 30.7 Å². The van der Waals surface area contributed by atoms with Crippen LogP contribution in [0.2, 0.25) is 0 Å². The monoisotopic (exact) mass is 525 g/mol. The molecule has 0 N–H and O–H groups in total. The summed E-state index contributed by atoms with van der Waals surface area (Å²) in [6, 6.07) is 18.1. The summed E-state index contributed by atoms with van der Waals surface area (Å²) in [4.78, 5) is 55.4. The number of benzene rings is 3. The van der Waals surface area contributed by atoms with Crippen LogP contribution in [0.15, 0.2) is 66.7 Å². The molecule has 6 rings (SSSR count). The number of nitro groups is 1. The maximum Gasteiger partial charge on any atom is 0.338 e. The Morgan fingerprint density at radius 1 is 1.08 bits per heavy atom. The Balaban J connectivity index is 1.53. The van der Waals surface area contributed by atoms with Gasteiger partial charge in [-0.05, 0) is 80.1 Å². The number of hydrogen-bond acceptors (Lipinski definition) is 7. The van der Waals surface area contributed by atoms with Gasteiger partial charge in [0.15, 0.2) is 0 Å². The normalized spacial score (nSPS) is 21.7. The number of nitrogens with zero attached hydrogens (tertiary/aromatic N) is 3. The molecule has 3 aromatic rings. The summed E-state index contributed by atoms with van der Waals surface area (Å²) in [6.07, 6.45) is 2.87. The second-order valence-electron chi connectivity index (χ2n) is 10.2. The molecule has 0 aromatic heterocycles. The van der Waals surface area contributed by atoms with Gasteiger partial charge in [-0.2, -0.15) is 0 Å². The summed E-state index contributed by atoms with van der Waals surface area (Å²) >= 11 is 0. The zero-order valence-corrected chi connectivity index (χ0v) is 21.5. The second-order valence-corrected chi connectivity index (χ2v) is 10.2. The van der Waals surface area contributed by atoms with E-state index in [1.165, 1.54) is 11.0 Å². The number of fused-ring (bicyclic) bond motifs is 6. The molecule has 2 amide bonds. The number of non-ortho nitro benzene ring substituents is 1. The molecule has 3 aliphatic rings. The Labute approximate surface area is 225 Å². The van der Waals surface area contributed by atoms with E-state index in [0.29, 0.717) is 22.4 Å². The average Bonchev–Trinajstić information content (AvgIpc) is 2.96. The topological polar surface area (TPSA) is 110 Å². The zero-order chi connectivity index (χ0) is 27.3. The molecule has 1 fully saturated rings. The SMILES string of the molecule is CCOC(=O)c1ccc(N2C(=O)c3ccccc3[C@]3(Cc4cc([N+](=O)[O-])ccc4N4CCCC[C@H]43)C2=O)cc1. The van der Waals surface area contributed by atoms with Crippen molar-refractivity contribution in [2.75, 3.05) is 23.0 Å². The number of ether oxygens (including phenoxy) is 1. The lowest BCUT2D eigenvalue weighted by molar-refractivity contribution is -0.384. The smallest absolute Gasteiger partial charge is 0.338 e. The zero-order valence-electron chi connectivity index (χ0n) is 21.5. The number of carbonyl (C=O) groups is 3. The molecule has 1 spiro atoms. The van der Waals surface area contributed by atoms with Crippen LogP contribution in [0.25, 0.3) is 0 Å². The van der Waals surface area contributed by atoms with Crippen LogP contribution in [0, 0.1) is 10.1 Å². The minimum absolute atomic E-state index is 0.0293. The van der Waals surface area contributed by atoms with E-state index in [2.05, 4.69) is 4.90 Å². The van der Waals surface area contributed by atoms with Gasteiger partial charge in [-0.15, -0.1) is 0 Å². The molecular formula is C30H27N3O6. The number of rotatable bonds is 4. The van der Waals surface area contributed by atoms with E-state index in [1.807, 2.05) is 12.1 Å². The summed E-state index contributed by atoms with van der Waals surface area (Å²) in [5.41, 5.74) is 2.26. The number of piperidine rings is 1. The van der Waals surface area contributed by atoms with E-state index >= 15 is 0 Å². The first-order valence-corrected chi connectivity index (χ1v) is 13.2. The van der Waals surface area contributed by atoms with Gasteiger partial charge in [-0.25, -0.2) is 9.69 Å². The van der Waals surface area contributed by atoms with Gasteiger partial charge in [-0.3, -0.25) is 19.7 Å². The Morgan fingerprint density at radius 3 is 2.59 bits per heavy atom. The fraction of sp³-hybridized carbons (Fsp3) is 0.300. The molecule has 0 bridgehead atoms. The van der Waals surface area contributed by atoms with Gasteiger partial charge < -0.3 is 9.64 Å². The van der Waals surface area contributed by atoms with Crippen LogP contribution in [0.1, 0.15) is 58.0 Å². The molecule has 3 aromatic carbocycles. The van der Waals surface area contributed by atoms with Gasteiger partial charge in [0.1, 0.15) is 5.41 Å². The van der Waals surface area contributed by atoms with Crippen LogP contribution in [-0.4, -0.2) is 41.9 Å². The van der Waals surface area contributed by atoms with Gasteiger partial charge in [0, 0.05) is 36.0 Å². The summed E-state index contributed by atoms with van der Waals surface area (Å²) in [5, 5.41) is 11.6. The third-order valence-electron chi connectivity index (χ3n) is 8.19. The fourth-order valence-corrected chi connectivity index (χ4v) is 6.53. The molecule has 0 aliphatic carbocycles. The van der Waals surface area contributed by atoms with Crippen molar-refractivity contribution in [2.24, 2.45) is 0 Å². The van der Waals surface area contributed by atoms with Crippen LogP contribution in [0.4, 0.5) is 17.1 Å². The highest BCUT2D eigenvalue weighted by molar-refractivity contribution is 6.28. The molecule has 9 nitrogen and oxygen atoms in total. The average molecular weight is 526 g/mol. The summed E-state index contributed by atoms with van der Waals surface area (Å²) in [6.45, 7) is 2.68. The van der Waals surface area contributed by atoms with Crippen LogP contribution < -0.4 is 9.80 Å². The molecule has 0 radical (unpaired) electrons. The summed E-state index contributed by atoms with van der Waals surface area (Å²) in [7, 11) is 0. The lowest BCUT2D eigenvalue weighted by Crippen LogP contribution is -2.67. The van der Waals surface area contributed by atoms with Crippen molar-refractivity contribution in [1.29, 1.82) is 0 Å². The second kappa shape index (κ2) is 9.34. The predicted molar refractivity (Wildman–Crippen MR) is 144 cm³/mol. The highest BCUT2D eigenvalue weighted by atomic mass is 16.6. The van der Waals surface area contributed by atoms with E-state index in [1.54, 1.807) is 55.5 Å². The van der Waals surface area contributed by atoms with Crippen molar-refractivity contribution in [3.05, 3.63) is 99.1 Å². The van der Waals surface area contributed by atoms with Crippen molar-refractivity contribution < 1.29 is 24.0 Å². The van der Waals surface area contributed by atoms with Crippen LogP contribution in [0.5, 0.6) is 0 Å². The number of anilines is 2. The molecule has 2 atom stereocenters. The van der Waals surface area contributed by atoms with Crippen molar-refractivity contribution in [1.82, 2.24) is 0 Å². The highest BCUT2D eigenvalue weighted by Crippen LogP contribution is 2.51. The molecule has 9 heteroatoms. The van der Waals surface area contributed by atoms with Gasteiger partial charge in [0.05, 0.1) is 22.8 Å². The van der Waals surface area contributed by atoms with Crippen LogP contribution in [-0.2, 0) is 21.4 Å².